The SMILES string of the molecule is CC1(C(=O)Nc2cccc(Cl)c2)CC2c3ccccc3C1c1ccccc12. The Morgan fingerprint density at radius 1 is 0.926 bits per heavy atom. The molecule has 0 saturated carbocycles. The summed E-state index contributed by atoms with van der Waals surface area (Å²) in [5.41, 5.74) is 5.56. The van der Waals surface area contributed by atoms with Crippen molar-refractivity contribution in [3.63, 3.8) is 0 Å². The van der Waals surface area contributed by atoms with Crippen LogP contribution in [0.25, 0.3) is 0 Å². The van der Waals surface area contributed by atoms with Gasteiger partial charge in [-0.05, 0) is 53.8 Å². The van der Waals surface area contributed by atoms with Gasteiger partial charge in [-0.3, -0.25) is 4.79 Å². The third kappa shape index (κ3) is 2.44. The molecule has 3 aliphatic carbocycles. The van der Waals surface area contributed by atoms with Crippen LogP contribution in [0, 0.1) is 5.41 Å². The van der Waals surface area contributed by atoms with E-state index in [-0.39, 0.29) is 17.7 Å². The van der Waals surface area contributed by atoms with Crippen molar-refractivity contribution in [2.45, 2.75) is 25.2 Å². The van der Waals surface area contributed by atoms with Crippen molar-refractivity contribution >= 4 is 23.2 Å². The number of benzene rings is 3. The molecule has 0 aromatic heterocycles. The molecule has 0 aliphatic heterocycles. The lowest BCUT2D eigenvalue weighted by Crippen LogP contribution is -2.47. The van der Waals surface area contributed by atoms with Crippen molar-refractivity contribution < 1.29 is 4.79 Å². The number of nitrogens with one attached hydrogen (secondary N) is 1. The number of hydrogen-bond donors (Lipinski definition) is 1. The quantitative estimate of drug-likeness (QED) is 0.589. The van der Waals surface area contributed by atoms with Crippen LogP contribution in [0.1, 0.15) is 47.4 Å². The van der Waals surface area contributed by atoms with Crippen molar-refractivity contribution in [2.24, 2.45) is 5.41 Å². The van der Waals surface area contributed by atoms with Gasteiger partial charge in [0, 0.05) is 22.5 Å². The molecule has 0 saturated heterocycles. The van der Waals surface area contributed by atoms with Crippen molar-refractivity contribution in [1.82, 2.24) is 0 Å². The molecule has 27 heavy (non-hydrogen) atoms. The molecule has 2 nitrogen and oxygen atoms in total. The number of carbonyl (C=O) groups is 1. The predicted molar refractivity (Wildman–Crippen MR) is 109 cm³/mol. The first-order valence-electron chi connectivity index (χ1n) is 9.32. The fourth-order valence-corrected chi connectivity index (χ4v) is 5.22. The number of hydrogen-bond acceptors (Lipinski definition) is 1. The van der Waals surface area contributed by atoms with Gasteiger partial charge in [-0.2, -0.15) is 0 Å². The van der Waals surface area contributed by atoms with Gasteiger partial charge < -0.3 is 5.32 Å². The highest BCUT2D eigenvalue weighted by atomic mass is 35.5. The van der Waals surface area contributed by atoms with E-state index in [1.54, 1.807) is 6.07 Å². The highest BCUT2D eigenvalue weighted by Crippen LogP contribution is 2.61. The molecule has 1 amide bonds. The minimum atomic E-state index is -0.504. The van der Waals surface area contributed by atoms with E-state index in [4.69, 9.17) is 11.6 Å². The Morgan fingerprint density at radius 2 is 1.52 bits per heavy atom. The molecule has 3 aliphatic rings. The lowest BCUT2D eigenvalue weighted by Gasteiger charge is -2.50. The number of halogens is 1. The first kappa shape index (κ1) is 16.6. The Bertz CT molecular complexity index is 1010. The molecule has 0 spiro atoms. The van der Waals surface area contributed by atoms with E-state index in [2.05, 4.69) is 60.8 Å². The van der Waals surface area contributed by atoms with Crippen LogP contribution >= 0.6 is 11.6 Å². The summed E-state index contributed by atoms with van der Waals surface area (Å²) in [6, 6.07) is 24.5. The maximum atomic E-state index is 13.5. The lowest BCUT2D eigenvalue weighted by molar-refractivity contribution is -0.126. The van der Waals surface area contributed by atoms with Gasteiger partial charge in [0.05, 0.1) is 5.41 Å². The van der Waals surface area contributed by atoms with Crippen LogP contribution in [0.4, 0.5) is 5.69 Å². The summed E-state index contributed by atoms with van der Waals surface area (Å²) in [6.07, 6.45) is 0.818. The summed E-state index contributed by atoms with van der Waals surface area (Å²) in [4.78, 5) is 13.5. The normalized spacial score (nSPS) is 24.8. The first-order chi connectivity index (χ1) is 13.1. The summed E-state index contributed by atoms with van der Waals surface area (Å²) >= 11 is 6.09. The van der Waals surface area contributed by atoms with Crippen LogP contribution < -0.4 is 5.32 Å². The van der Waals surface area contributed by atoms with Gasteiger partial charge in [-0.15, -0.1) is 0 Å². The Labute approximate surface area is 164 Å². The number of amides is 1. The average molecular weight is 374 g/mol. The molecule has 3 aromatic carbocycles. The van der Waals surface area contributed by atoms with Crippen LogP contribution in [0.5, 0.6) is 0 Å². The number of carbonyl (C=O) groups excluding carboxylic acids is 1. The molecular weight excluding hydrogens is 354 g/mol. The Kier molecular flexibility index (Phi) is 3.66. The molecule has 134 valence electrons. The van der Waals surface area contributed by atoms with Gasteiger partial charge in [0.2, 0.25) is 5.91 Å². The molecule has 3 heteroatoms. The second kappa shape index (κ2) is 5.97. The maximum Gasteiger partial charge on any atom is 0.231 e. The summed E-state index contributed by atoms with van der Waals surface area (Å²) in [5.74, 6) is 0.385. The molecule has 1 N–H and O–H groups in total. The van der Waals surface area contributed by atoms with Gasteiger partial charge in [0.25, 0.3) is 0 Å². The summed E-state index contributed by atoms with van der Waals surface area (Å²) in [5, 5.41) is 3.74. The topological polar surface area (TPSA) is 29.1 Å². The molecule has 0 radical (unpaired) electrons. The van der Waals surface area contributed by atoms with E-state index >= 15 is 0 Å². The van der Waals surface area contributed by atoms with E-state index in [1.165, 1.54) is 22.3 Å². The molecule has 1 atom stereocenters. The smallest absolute Gasteiger partial charge is 0.231 e. The van der Waals surface area contributed by atoms with Gasteiger partial charge >= 0.3 is 0 Å². The second-order valence-corrected chi connectivity index (χ2v) is 8.27. The van der Waals surface area contributed by atoms with E-state index in [0.29, 0.717) is 5.02 Å². The van der Waals surface area contributed by atoms with E-state index < -0.39 is 5.41 Å². The Hall–Kier alpha value is -2.58. The standard InChI is InChI=1S/C24H20ClNO/c1-24(23(27)26-16-8-6-7-15(25)13-16)14-21-17-9-2-4-11-19(17)22(24)20-12-5-3-10-18(20)21/h2-13,21-22H,14H2,1H3,(H,26,27). The van der Waals surface area contributed by atoms with Gasteiger partial charge in [0.15, 0.2) is 0 Å². The van der Waals surface area contributed by atoms with Crippen molar-refractivity contribution in [3.05, 3.63) is 100 Å². The zero-order valence-corrected chi connectivity index (χ0v) is 15.8. The highest BCUT2D eigenvalue weighted by Gasteiger charge is 2.53. The van der Waals surface area contributed by atoms with Crippen LogP contribution in [0.15, 0.2) is 72.8 Å². The van der Waals surface area contributed by atoms with E-state index in [1.807, 2.05) is 18.2 Å². The minimum absolute atomic E-state index is 0.0590. The minimum Gasteiger partial charge on any atom is -0.326 e. The van der Waals surface area contributed by atoms with Crippen LogP contribution in [0.2, 0.25) is 5.02 Å². The third-order valence-electron chi connectivity index (χ3n) is 6.23. The van der Waals surface area contributed by atoms with E-state index in [0.717, 1.165) is 12.1 Å². The van der Waals surface area contributed by atoms with E-state index in [9.17, 15) is 4.79 Å². The molecular formula is C24H20ClNO. The Balaban J connectivity index is 1.61. The first-order valence-corrected chi connectivity index (χ1v) is 9.70. The molecule has 0 heterocycles. The second-order valence-electron chi connectivity index (χ2n) is 7.83. The number of rotatable bonds is 2. The lowest BCUT2D eigenvalue weighted by atomic mass is 9.52. The van der Waals surface area contributed by atoms with Gasteiger partial charge in [-0.25, -0.2) is 0 Å². The van der Waals surface area contributed by atoms with Crippen molar-refractivity contribution in [1.29, 1.82) is 0 Å². The molecule has 0 fully saturated rings. The number of anilines is 1. The summed E-state index contributed by atoms with van der Waals surface area (Å²) < 4.78 is 0. The molecule has 3 aromatic rings. The molecule has 2 bridgehead atoms. The fourth-order valence-electron chi connectivity index (χ4n) is 5.03. The monoisotopic (exact) mass is 373 g/mol. The number of fused-ring (bicyclic) bond motifs is 1. The molecule has 1 unspecified atom stereocenters. The third-order valence-corrected chi connectivity index (χ3v) is 6.47. The summed E-state index contributed by atoms with van der Waals surface area (Å²) in [6.45, 7) is 2.11. The van der Waals surface area contributed by atoms with Crippen molar-refractivity contribution in [2.75, 3.05) is 5.32 Å². The largest absolute Gasteiger partial charge is 0.326 e. The zero-order chi connectivity index (χ0) is 18.6. The van der Waals surface area contributed by atoms with Crippen LogP contribution in [-0.4, -0.2) is 5.91 Å². The van der Waals surface area contributed by atoms with Crippen molar-refractivity contribution in [3.8, 4) is 0 Å². The Morgan fingerprint density at radius 3 is 2.11 bits per heavy atom. The van der Waals surface area contributed by atoms with Crippen LogP contribution in [-0.2, 0) is 4.79 Å². The fraction of sp³-hybridized carbons (Fsp3) is 0.208. The van der Waals surface area contributed by atoms with Gasteiger partial charge in [-0.1, -0.05) is 66.2 Å². The predicted octanol–water partition coefficient (Wildman–Crippen LogP) is 5.97. The average Bonchev–Trinajstić information content (AvgIpc) is 2.68. The van der Waals surface area contributed by atoms with Gasteiger partial charge in [0.1, 0.15) is 0 Å². The van der Waals surface area contributed by atoms with Crippen LogP contribution in [0.3, 0.4) is 0 Å². The zero-order valence-electron chi connectivity index (χ0n) is 15.1. The summed E-state index contributed by atoms with van der Waals surface area (Å²) in [7, 11) is 0. The molecule has 6 rings (SSSR count). The highest BCUT2D eigenvalue weighted by molar-refractivity contribution is 6.30. The maximum absolute atomic E-state index is 13.5.